The molecular weight excluding hydrogens is 528 g/mol. The van der Waals surface area contributed by atoms with Gasteiger partial charge in [-0.05, 0) is 41.0 Å². The number of hydrogen-bond donors (Lipinski definition) is 2. The van der Waals surface area contributed by atoms with Crippen molar-refractivity contribution in [2.45, 2.75) is 29.6 Å². The first-order valence-electron chi connectivity index (χ1n) is 13.2. The lowest BCUT2D eigenvalue weighted by atomic mass is 9.79. The van der Waals surface area contributed by atoms with Crippen LogP contribution < -0.4 is 20.7 Å². The summed E-state index contributed by atoms with van der Waals surface area (Å²) in [6.07, 6.45) is -1.67. The van der Waals surface area contributed by atoms with Gasteiger partial charge in [0.05, 0.1) is 27.4 Å². The fraction of sp³-hybridized carbons (Fsp3) is 0.290. The molecule has 1 unspecified atom stereocenters. The zero-order valence-electron chi connectivity index (χ0n) is 22.6. The lowest BCUT2D eigenvalue weighted by Gasteiger charge is -2.46. The summed E-state index contributed by atoms with van der Waals surface area (Å²) in [4.78, 5) is 26.3. The number of methoxy groups -OCH3 is 2. The van der Waals surface area contributed by atoms with Crippen LogP contribution >= 0.6 is 0 Å². The molecule has 4 atom stereocenters. The topological polar surface area (TPSA) is 121 Å². The van der Waals surface area contributed by atoms with Gasteiger partial charge in [0.15, 0.2) is 6.23 Å². The number of benzene rings is 3. The van der Waals surface area contributed by atoms with Gasteiger partial charge in [0.2, 0.25) is 0 Å². The van der Waals surface area contributed by atoms with Crippen LogP contribution in [0.25, 0.3) is 0 Å². The van der Waals surface area contributed by atoms with E-state index >= 15 is 0 Å². The number of aromatic nitrogens is 2. The third kappa shape index (κ3) is 4.54. The van der Waals surface area contributed by atoms with Crippen LogP contribution in [-0.2, 0) is 19.8 Å². The lowest BCUT2D eigenvalue weighted by Crippen LogP contribution is -2.62. The van der Waals surface area contributed by atoms with Gasteiger partial charge in [0.25, 0.3) is 5.56 Å². The van der Waals surface area contributed by atoms with Gasteiger partial charge in [0.1, 0.15) is 34.9 Å². The first-order valence-corrected chi connectivity index (χ1v) is 13.2. The molecule has 2 aliphatic rings. The van der Waals surface area contributed by atoms with E-state index in [1.165, 1.54) is 12.3 Å². The van der Waals surface area contributed by atoms with Crippen LogP contribution in [0.2, 0.25) is 0 Å². The molecule has 212 valence electrons. The minimum Gasteiger partial charge on any atom is -0.497 e. The van der Waals surface area contributed by atoms with E-state index in [-0.39, 0.29) is 13.2 Å². The van der Waals surface area contributed by atoms with E-state index in [1.807, 2.05) is 78.9 Å². The van der Waals surface area contributed by atoms with Crippen molar-refractivity contribution in [3.63, 3.8) is 0 Å². The Morgan fingerprint density at radius 1 is 0.902 bits per heavy atom. The Morgan fingerprint density at radius 3 is 2.00 bits per heavy atom. The van der Waals surface area contributed by atoms with Crippen LogP contribution in [0.1, 0.15) is 22.9 Å². The molecule has 1 aromatic heterocycles. The SMILES string of the molecule is COc1ccc(C(OC[C@]23CO[C@H]2[C@@H](O)C(n2ccc(=O)[nH]c2=O)O3)(c2ccccc2)c2ccc(OC)cc2)cc1. The molecule has 10 heteroatoms. The van der Waals surface area contributed by atoms with E-state index in [0.717, 1.165) is 21.3 Å². The minimum atomic E-state index is -1.16. The van der Waals surface area contributed by atoms with Gasteiger partial charge in [-0.25, -0.2) is 4.79 Å². The molecule has 0 spiro atoms. The largest absolute Gasteiger partial charge is 0.497 e. The fourth-order valence-electron chi connectivity index (χ4n) is 5.65. The Morgan fingerprint density at radius 2 is 1.49 bits per heavy atom. The Kier molecular flexibility index (Phi) is 7.00. The monoisotopic (exact) mass is 558 g/mol. The van der Waals surface area contributed by atoms with Crippen molar-refractivity contribution in [1.82, 2.24) is 9.55 Å². The molecule has 0 saturated carbocycles. The van der Waals surface area contributed by atoms with Crippen molar-refractivity contribution >= 4 is 0 Å². The third-order valence-corrected chi connectivity index (χ3v) is 7.82. The second-order valence-electron chi connectivity index (χ2n) is 10.1. The molecule has 10 nitrogen and oxygen atoms in total. The quantitative estimate of drug-likeness (QED) is 0.301. The van der Waals surface area contributed by atoms with Gasteiger partial charge in [-0.2, -0.15) is 0 Å². The smallest absolute Gasteiger partial charge is 0.330 e. The highest BCUT2D eigenvalue weighted by molar-refractivity contribution is 5.49. The Bertz CT molecular complexity index is 1570. The van der Waals surface area contributed by atoms with Gasteiger partial charge in [-0.1, -0.05) is 54.6 Å². The third-order valence-electron chi connectivity index (χ3n) is 7.82. The Hall–Kier alpha value is -4.22. The molecule has 6 rings (SSSR count). The summed E-state index contributed by atoms with van der Waals surface area (Å²) in [7, 11) is 3.23. The maximum Gasteiger partial charge on any atom is 0.330 e. The summed E-state index contributed by atoms with van der Waals surface area (Å²) in [5, 5.41) is 11.1. The van der Waals surface area contributed by atoms with Gasteiger partial charge in [0, 0.05) is 12.3 Å². The van der Waals surface area contributed by atoms with Crippen LogP contribution in [0, 0.1) is 0 Å². The number of rotatable bonds is 9. The lowest BCUT2D eigenvalue weighted by molar-refractivity contribution is -0.261. The van der Waals surface area contributed by atoms with Crippen molar-refractivity contribution in [3.05, 3.63) is 129 Å². The average molecular weight is 559 g/mol. The van der Waals surface area contributed by atoms with E-state index < -0.39 is 40.9 Å². The first kappa shape index (κ1) is 27.0. The number of ether oxygens (including phenoxy) is 5. The molecule has 2 saturated heterocycles. The standard InChI is InChI=1S/C31H30N2O8/c1-37-23-12-8-21(9-13-23)31(20-6-4-3-5-7-20,22-10-14-24(38-2)15-11-22)40-19-30-18-39-27(30)26(35)28(41-30)33-17-16-25(34)32-29(33)36/h3-17,26-28,35H,18-19H2,1-2H3,(H,32,34,36)/t26-,27+,28?,30-/m1/s1. The van der Waals surface area contributed by atoms with Crippen LogP contribution in [0.3, 0.4) is 0 Å². The maximum absolute atomic E-state index is 12.5. The fourth-order valence-corrected chi connectivity index (χ4v) is 5.65. The molecule has 41 heavy (non-hydrogen) atoms. The number of H-pyrrole nitrogens is 1. The second-order valence-corrected chi connectivity index (χ2v) is 10.1. The number of aliphatic hydroxyl groups is 1. The van der Waals surface area contributed by atoms with Crippen molar-refractivity contribution in [2.75, 3.05) is 27.4 Å². The van der Waals surface area contributed by atoms with Crippen LogP contribution in [0.15, 0.2) is 101 Å². The molecule has 4 aromatic rings. The van der Waals surface area contributed by atoms with E-state index in [1.54, 1.807) is 14.2 Å². The van der Waals surface area contributed by atoms with E-state index in [0.29, 0.717) is 11.5 Å². The van der Waals surface area contributed by atoms with Crippen LogP contribution in [-0.4, -0.2) is 59.9 Å². The van der Waals surface area contributed by atoms with Crippen molar-refractivity contribution in [2.24, 2.45) is 0 Å². The number of hydrogen-bond acceptors (Lipinski definition) is 8. The molecular formula is C31H30N2O8. The summed E-state index contributed by atoms with van der Waals surface area (Å²) < 4.78 is 31.1. The predicted octanol–water partition coefficient (Wildman–Crippen LogP) is 2.59. The highest BCUT2D eigenvalue weighted by atomic mass is 16.7. The summed E-state index contributed by atoms with van der Waals surface area (Å²) in [5.74, 6) is 1.40. The van der Waals surface area contributed by atoms with Gasteiger partial charge in [-0.3, -0.25) is 14.3 Å². The number of aromatic amines is 1. The molecule has 0 amide bonds. The molecule has 2 aliphatic heterocycles. The number of fused-ring (bicyclic) bond motifs is 1. The van der Waals surface area contributed by atoms with Gasteiger partial charge >= 0.3 is 5.69 Å². The molecule has 2 N–H and O–H groups in total. The van der Waals surface area contributed by atoms with Crippen molar-refractivity contribution in [3.8, 4) is 11.5 Å². The molecule has 2 fully saturated rings. The van der Waals surface area contributed by atoms with Crippen LogP contribution in [0.5, 0.6) is 11.5 Å². The summed E-state index contributed by atoms with van der Waals surface area (Å²) in [5.41, 5.74) is -0.814. The normalized spacial score (nSPS) is 23.4. The summed E-state index contributed by atoms with van der Waals surface area (Å²) >= 11 is 0. The van der Waals surface area contributed by atoms with E-state index in [4.69, 9.17) is 23.7 Å². The van der Waals surface area contributed by atoms with E-state index in [2.05, 4.69) is 4.98 Å². The van der Waals surface area contributed by atoms with Crippen molar-refractivity contribution in [1.29, 1.82) is 0 Å². The molecule has 0 radical (unpaired) electrons. The molecule has 3 heterocycles. The maximum atomic E-state index is 12.5. The van der Waals surface area contributed by atoms with E-state index in [9.17, 15) is 14.7 Å². The highest BCUT2D eigenvalue weighted by Crippen LogP contribution is 2.48. The Labute approximate surface area is 235 Å². The zero-order chi connectivity index (χ0) is 28.6. The van der Waals surface area contributed by atoms with Gasteiger partial charge in [-0.15, -0.1) is 0 Å². The summed E-state index contributed by atoms with van der Waals surface area (Å²) in [6.45, 7) is 0.176. The molecule has 0 bridgehead atoms. The Balaban J connectivity index is 1.43. The minimum absolute atomic E-state index is 0.0241. The number of nitrogens with one attached hydrogen (secondary N) is 1. The summed E-state index contributed by atoms with van der Waals surface area (Å²) in [6, 6.07) is 26.3. The van der Waals surface area contributed by atoms with Gasteiger partial charge < -0.3 is 28.8 Å². The number of nitrogens with zero attached hydrogens (tertiary/aromatic N) is 1. The molecule has 3 aromatic carbocycles. The van der Waals surface area contributed by atoms with Crippen molar-refractivity contribution < 1.29 is 28.8 Å². The number of aliphatic hydroxyl groups excluding tert-OH is 1. The highest BCUT2D eigenvalue weighted by Gasteiger charge is 2.64. The molecule has 0 aliphatic carbocycles. The second kappa shape index (κ2) is 10.6. The predicted molar refractivity (Wildman–Crippen MR) is 148 cm³/mol. The first-order chi connectivity index (χ1) is 19.9. The zero-order valence-corrected chi connectivity index (χ0v) is 22.6. The van der Waals surface area contributed by atoms with Crippen LogP contribution in [0.4, 0.5) is 0 Å². The average Bonchev–Trinajstić information content (AvgIpc) is 3.18.